The molecule has 0 aliphatic heterocycles. The Labute approximate surface area is 128 Å². The molecule has 0 aliphatic carbocycles. The van der Waals surface area contributed by atoms with Crippen molar-refractivity contribution < 1.29 is 4.79 Å². The second kappa shape index (κ2) is 5.59. The zero-order chi connectivity index (χ0) is 15.7. The van der Waals surface area contributed by atoms with E-state index in [1.165, 1.54) is 0 Å². The lowest BCUT2D eigenvalue weighted by molar-refractivity contribution is 0.0786. The largest absolute Gasteiger partial charge is 0.337 e. The average molecular weight is 298 g/mol. The molecule has 7 nitrogen and oxygen atoms in total. The van der Waals surface area contributed by atoms with Crippen LogP contribution in [0, 0.1) is 6.92 Å². The second-order valence-corrected chi connectivity index (χ2v) is 5.18. The summed E-state index contributed by atoms with van der Waals surface area (Å²) in [6.07, 6.45) is 6.80. The minimum absolute atomic E-state index is 0.0997. The van der Waals surface area contributed by atoms with Gasteiger partial charge in [-0.1, -0.05) is 0 Å². The third kappa shape index (κ3) is 2.34. The van der Waals surface area contributed by atoms with Gasteiger partial charge in [-0.2, -0.15) is 10.2 Å². The molecule has 3 rings (SSSR count). The smallest absolute Gasteiger partial charge is 0.259 e. The summed E-state index contributed by atoms with van der Waals surface area (Å²) in [5, 5.41) is 8.46. The maximum Gasteiger partial charge on any atom is 0.259 e. The van der Waals surface area contributed by atoms with Gasteiger partial charge in [0, 0.05) is 43.8 Å². The van der Waals surface area contributed by atoms with Gasteiger partial charge in [0.05, 0.1) is 12.4 Å². The molecule has 0 N–H and O–H groups in total. The Morgan fingerprint density at radius 1 is 1.32 bits per heavy atom. The summed E-state index contributed by atoms with van der Waals surface area (Å²) in [6.45, 7) is 5.39. The van der Waals surface area contributed by atoms with Gasteiger partial charge in [-0.05, 0) is 19.9 Å². The van der Waals surface area contributed by atoms with Gasteiger partial charge >= 0.3 is 0 Å². The fourth-order valence-electron chi connectivity index (χ4n) is 2.47. The highest BCUT2D eigenvalue weighted by Crippen LogP contribution is 2.14. The Bertz CT molecular complexity index is 818. The van der Waals surface area contributed by atoms with Crippen LogP contribution in [0.25, 0.3) is 5.65 Å². The summed E-state index contributed by atoms with van der Waals surface area (Å²) in [4.78, 5) is 18.5. The first kappa shape index (κ1) is 14.2. The first-order chi connectivity index (χ1) is 10.6. The number of carbonyl (C=O) groups excluding carboxylic acids is 1. The number of aromatic nitrogens is 5. The molecule has 114 valence electrons. The number of carbonyl (C=O) groups is 1. The van der Waals surface area contributed by atoms with Crippen LogP contribution >= 0.6 is 0 Å². The quantitative estimate of drug-likeness (QED) is 0.732. The van der Waals surface area contributed by atoms with Crippen LogP contribution in [0.2, 0.25) is 0 Å². The van der Waals surface area contributed by atoms with E-state index >= 15 is 0 Å². The summed E-state index contributed by atoms with van der Waals surface area (Å²) >= 11 is 0. The van der Waals surface area contributed by atoms with Gasteiger partial charge in [-0.25, -0.2) is 9.50 Å². The average Bonchev–Trinajstić information content (AvgIpc) is 3.11. The molecule has 0 aromatic carbocycles. The van der Waals surface area contributed by atoms with Crippen molar-refractivity contribution in [1.29, 1.82) is 0 Å². The van der Waals surface area contributed by atoms with E-state index in [4.69, 9.17) is 0 Å². The van der Waals surface area contributed by atoms with Gasteiger partial charge < -0.3 is 4.90 Å². The van der Waals surface area contributed by atoms with E-state index in [0.29, 0.717) is 17.8 Å². The van der Waals surface area contributed by atoms with Crippen molar-refractivity contribution in [2.24, 2.45) is 0 Å². The summed E-state index contributed by atoms with van der Waals surface area (Å²) in [6, 6.07) is 1.78. The van der Waals surface area contributed by atoms with E-state index in [2.05, 4.69) is 15.2 Å². The number of hydrogen-bond acceptors (Lipinski definition) is 4. The first-order valence-corrected chi connectivity index (χ1v) is 7.17. The van der Waals surface area contributed by atoms with Crippen LogP contribution in [0.4, 0.5) is 0 Å². The van der Waals surface area contributed by atoms with Crippen molar-refractivity contribution in [3.63, 3.8) is 0 Å². The molecule has 0 saturated heterocycles. The van der Waals surface area contributed by atoms with Gasteiger partial charge in [0.1, 0.15) is 5.56 Å². The Hall–Kier alpha value is -2.70. The molecule has 3 aromatic heterocycles. The maximum atomic E-state index is 12.6. The third-order valence-corrected chi connectivity index (χ3v) is 3.77. The van der Waals surface area contributed by atoms with E-state index in [1.54, 1.807) is 41.1 Å². The highest BCUT2D eigenvalue weighted by atomic mass is 16.2. The topological polar surface area (TPSA) is 68.3 Å². The number of amides is 1. The van der Waals surface area contributed by atoms with E-state index < -0.39 is 0 Å². The van der Waals surface area contributed by atoms with Crippen LogP contribution in [-0.4, -0.2) is 42.2 Å². The lowest BCUT2D eigenvalue weighted by atomic mass is 10.2. The van der Waals surface area contributed by atoms with Crippen LogP contribution in [-0.2, 0) is 13.1 Å². The monoisotopic (exact) mass is 298 g/mol. The van der Waals surface area contributed by atoms with Crippen molar-refractivity contribution in [3.05, 3.63) is 47.7 Å². The SMILES string of the molecule is CCn1ncc(CN(C)C(=O)c2cnn3cccnc23)c1C. The van der Waals surface area contributed by atoms with E-state index in [9.17, 15) is 4.79 Å². The maximum absolute atomic E-state index is 12.6. The van der Waals surface area contributed by atoms with Crippen molar-refractivity contribution in [3.8, 4) is 0 Å². The van der Waals surface area contributed by atoms with Gasteiger partial charge in [0.15, 0.2) is 5.65 Å². The molecule has 0 fully saturated rings. The van der Waals surface area contributed by atoms with Crippen molar-refractivity contribution in [2.45, 2.75) is 26.9 Å². The standard InChI is InChI=1S/C15H18N6O/c1-4-20-11(2)12(8-17-20)10-19(3)15(22)13-9-18-21-7-5-6-16-14(13)21/h5-9H,4,10H2,1-3H3. The minimum Gasteiger partial charge on any atom is -0.337 e. The molecule has 0 saturated carbocycles. The number of hydrogen-bond donors (Lipinski definition) is 0. The highest BCUT2D eigenvalue weighted by molar-refractivity contribution is 5.99. The summed E-state index contributed by atoms with van der Waals surface area (Å²) in [7, 11) is 1.78. The van der Waals surface area contributed by atoms with E-state index in [0.717, 1.165) is 17.8 Å². The summed E-state index contributed by atoms with van der Waals surface area (Å²) in [5.41, 5.74) is 3.20. The number of aryl methyl sites for hydroxylation is 1. The van der Waals surface area contributed by atoms with E-state index in [1.807, 2.05) is 24.7 Å². The molecule has 22 heavy (non-hydrogen) atoms. The molecule has 0 atom stereocenters. The van der Waals surface area contributed by atoms with Crippen LogP contribution in [0.1, 0.15) is 28.5 Å². The fraction of sp³-hybridized carbons (Fsp3) is 0.333. The molecule has 3 aromatic rings. The molecular weight excluding hydrogens is 280 g/mol. The molecule has 0 spiro atoms. The number of rotatable bonds is 4. The zero-order valence-electron chi connectivity index (χ0n) is 12.9. The highest BCUT2D eigenvalue weighted by Gasteiger charge is 2.19. The zero-order valence-corrected chi connectivity index (χ0v) is 12.9. The Balaban J connectivity index is 1.84. The number of nitrogens with zero attached hydrogens (tertiary/aromatic N) is 6. The fourth-order valence-corrected chi connectivity index (χ4v) is 2.47. The molecule has 0 unspecified atom stereocenters. The van der Waals surface area contributed by atoms with Crippen molar-refractivity contribution >= 4 is 11.6 Å². The lowest BCUT2D eigenvalue weighted by Gasteiger charge is -2.16. The Kier molecular flexibility index (Phi) is 3.62. The van der Waals surface area contributed by atoms with Crippen molar-refractivity contribution in [1.82, 2.24) is 29.3 Å². The molecule has 7 heteroatoms. The molecular formula is C15H18N6O. The normalized spacial score (nSPS) is 11.0. The predicted octanol–water partition coefficient (Wildman–Crippen LogP) is 1.53. The van der Waals surface area contributed by atoms with Crippen molar-refractivity contribution in [2.75, 3.05) is 7.05 Å². The van der Waals surface area contributed by atoms with Gasteiger partial charge in [-0.15, -0.1) is 0 Å². The number of fused-ring (bicyclic) bond motifs is 1. The minimum atomic E-state index is -0.0997. The molecule has 3 heterocycles. The van der Waals surface area contributed by atoms with Gasteiger partial charge in [0.25, 0.3) is 5.91 Å². The molecule has 1 amide bonds. The molecule has 0 aliphatic rings. The molecule has 0 bridgehead atoms. The van der Waals surface area contributed by atoms with Crippen LogP contribution in [0.3, 0.4) is 0 Å². The van der Waals surface area contributed by atoms with Crippen LogP contribution in [0.15, 0.2) is 30.9 Å². The van der Waals surface area contributed by atoms with Crippen LogP contribution in [0.5, 0.6) is 0 Å². The molecule has 0 radical (unpaired) electrons. The Morgan fingerprint density at radius 3 is 2.86 bits per heavy atom. The summed E-state index contributed by atoms with van der Waals surface area (Å²) in [5.74, 6) is -0.0997. The Morgan fingerprint density at radius 2 is 2.14 bits per heavy atom. The van der Waals surface area contributed by atoms with E-state index in [-0.39, 0.29) is 5.91 Å². The van der Waals surface area contributed by atoms with Crippen LogP contribution < -0.4 is 0 Å². The lowest BCUT2D eigenvalue weighted by Crippen LogP contribution is -2.26. The summed E-state index contributed by atoms with van der Waals surface area (Å²) < 4.78 is 3.52. The first-order valence-electron chi connectivity index (χ1n) is 7.17. The second-order valence-electron chi connectivity index (χ2n) is 5.18. The van der Waals surface area contributed by atoms with Gasteiger partial charge in [0.2, 0.25) is 0 Å². The van der Waals surface area contributed by atoms with Gasteiger partial charge in [-0.3, -0.25) is 9.48 Å². The predicted molar refractivity (Wildman–Crippen MR) is 81.4 cm³/mol. The third-order valence-electron chi connectivity index (χ3n) is 3.77.